The molecule has 15 heavy (non-hydrogen) atoms. The van der Waals surface area contributed by atoms with Gasteiger partial charge in [0.25, 0.3) is 0 Å². The molecule has 0 aromatic heterocycles. The maximum absolute atomic E-state index is 8.75. The number of nitrogens with zero attached hydrogens (tertiary/aromatic N) is 1. The van der Waals surface area contributed by atoms with Gasteiger partial charge in [-0.25, -0.2) is 0 Å². The van der Waals surface area contributed by atoms with Gasteiger partial charge in [0.15, 0.2) is 0 Å². The highest BCUT2D eigenvalue weighted by Gasteiger charge is 2.12. The molecule has 2 N–H and O–H groups in total. The van der Waals surface area contributed by atoms with E-state index < -0.39 is 0 Å². The molecular formula is C12H15N3. The Hall–Kier alpha value is -1.53. The topological polar surface area (TPSA) is 47.9 Å². The van der Waals surface area contributed by atoms with Crippen LogP contribution in [0.1, 0.15) is 18.4 Å². The Bertz CT molecular complexity index is 361. The van der Waals surface area contributed by atoms with Gasteiger partial charge in [0.1, 0.15) is 0 Å². The monoisotopic (exact) mass is 201 g/mol. The van der Waals surface area contributed by atoms with Crippen LogP contribution in [-0.2, 0) is 0 Å². The first-order valence-corrected chi connectivity index (χ1v) is 5.36. The number of nitrogens with one attached hydrogen (secondary N) is 2. The molecule has 0 amide bonds. The van der Waals surface area contributed by atoms with E-state index in [1.165, 1.54) is 12.8 Å². The fraction of sp³-hybridized carbons (Fsp3) is 0.417. The van der Waals surface area contributed by atoms with E-state index in [-0.39, 0.29) is 0 Å². The van der Waals surface area contributed by atoms with Crippen LogP contribution in [0.2, 0.25) is 0 Å². The predicted octanol–water partition coefficient (Wildman–Crippen LogP) is 1.72. The lowest BCUT2D eigenvalue weighted by Crippen LogP contribution is -2.29. The SMILES string of the molecule is N#Cc1cccc(NCC2CCCN2)c1. The van der Waals surface area contributed by atoms with Crippen molar-refractivity contribution in [3.05, 3.63) is 29.8 Å². The predicted molar refractivity (Wildman–Crippen MR) is 60.7 cm³/mol. The van der Waals surface area contributed by atoms with Gasteiger partial charge in [-0.15, -0.1) is 0 Å². The van der Waals surface area contributed by atoms with E-state index in [2.05, 4.69) is 16.7 Å². The number of hydrogen-bond donors (Lipinski definition) is 2. The van der Waals surface area contributed by atoms with Gasteiger partial charge in [0.2, 0.25) is 0 Å². The Labute approximate surface area is 90.1 Å². The molecule has 3 nitrogen and oxygen atoms in total. The quantitative estimate of drug-likeness (QED) is 0.782. The second kappa shape index (κ2) is 4.81. The minimum absolute atomic E-state index is 0.579. The van der Waals surface area contributed by atoms with Crippen LogP contribution in [0.3, 0.4) is 0 Å². The molecule has 0 saturated carbocycles. The summed E-state index contributed by atoms with van der Waals surface area (Å²) >= 11 is 0. The van der Waals surface area contributed by atoms with Crippen molar-refractivity contribution >= 4 is 5.69 Å². The molecule has 1 aliphatic heterocycles. The maximum Gasteiger partial charge on any atom is 0.0992 e. The molecule has 1 atom stereocenters. The van der Waals surface area contributed by atoms with Gasteiger partial charge in [0, 0.05) is 18.3 Å². The van der Waals surface area contributed by atoms with E-state index in [0.29, 0.717) is 11.6 Å². The van der Waals surface area contributed by atoms with E-state index in [9.17, 15) is 0 Å². The zero-order valence-electron chi connectivity index (χ0n) is 8.66. The van der Waals surface area contributed by atoms with Gasteiger partial charge in [-0.1, -0.05) is 6.07 Å². The van der Waals surface area contributed by atoms with Gasteiger partial charge in [-0.2, -0.15) is 5.26 Å². The van der Waals surface area contributed by atoms with Crippen LogP contribution < -0.4 is 10.6 Å². The first-order chi connectivity index (χ1) is 7.38. The van der Waals surface area contributed by atoms with Crippen LogP contribution in [0.15, 0.2) is 24.3 Å². The Kier molecular flexibility index (Phi) is 3.21. The molecule has 2 rings (SSSR count). The molecule has 0 radical (unpaired) electrons. The normalized spacial score (nSPS) is 19.8. The zero-order valence-corrected chi connectivity index (χ0v) is 8.66. The largest absolute Gasteiger partial charge is 0.383 e. The highest BCUT2D eigenvalue weighted by Crippen LogP contribution is 2.11. The highest BCUT2D eigenvalue weighted by molar-refractivity contribution is 5.49. The van der Waals surface area contributed by atoms with Crippen molar-refractivity contribution in [1.82, 2.24) is 5.32 Å². The summed E-state index contributed by atoms with van der Waals surface area (Å²) in [5, 5.41) is 15.5. The fourth-order valence-corrected chi connectivity index (χ4v) is 1.87. The van der Waals surface area contributed by atoms with Crippen LogP contribution in [0.4, 0.5) is 5.69 Å². The molecule has 1 aromatic carbocycles. The minimum Gasteiger partial charge on any atom is -0.383 e. The maximum atomic E-state index is 8.75. The summed E-state index contributed by atoms with van der Waals surface area (Å²) in [6, 6.07) is 10.3. The standard InChI is InChI=1S/C12H15N3/c13-8-10-3-1-4-11(7-10)15-9-12-5-2-6-14-12/h1,3-4,7,12,14-15H,2,5-6,9H2. The van der Waals surface area contributed by atoms with Crippen LogP contribution in [0.25, 0.3) is 0 Å². The first-order valence-electron chi connectivity index (χ1n) is 5.36. The molecule has 1 aliphatic rings. The average Bonchev–Trinajstić information content (AvgIpc) is 2.79. The molecule has 1 aromatic rings. The molecule has 1 unspecified atom stereocenters. The Balaban J connectivity index is 1.90. The summed E-state index contributed by atoms with van der Waals surface area (Å²) in [6.07, 6.45) is 2.51. The molecule has 1 saturated heterocycles. The van der Waals surface area contributed by atoms with Crippen molar-refractivity contribution in [3.63, 3.8) is 0 Å². The summed E-state index contributed by atoms with van der Waals surface area (Å²) in [4.78, 5) is 0. The molecule has 1 fully saturated rings. The first kappa shape index (κ1) is 10.0. The lowest BCUT2D eigenvalue weighted by molar-refractivity contribution is 0.633. The second-order valence-corrected chi connectivity index (χ2v) is 3.87. The summed E-state index contributed by atoms with van der Waals surface area (Å²) in [5.41, 5.74) is 1.74. The number of rotatable bonds is 3. The van der Waals surface area contributed by atoms with Crippen LogP contribution >= 0.6 is 0 Å². The van der Waals surface area contributed by atoms with E-state index in [1.54, 1.807) is 0 Å². The van der Waals surface area contributed by atoms with Crippen LogP contribution in [0.5, 0.6) is 0 Å². The van der Waals surface area contributed by atoms with Gasteiger partial charge in [0.05, 0.1) is 11.6 Å². The van der Waals surface area contributed by atoms with E-state index in [1.807, 2.05) is 24.3 Å². The van der Waals surface area contributed by atoms with Crippen molar-refractivity contribution in [2.45, 2.75) is 18.9 Å². The Morgan fingerprint density at radius 3 is 3.20 bits per heavy atom. The molecule has 1 heterocycles. The minimum atomic E-state index is 0.579. The Morgan fingerprint density at radius 2 is 2.47 bits per heavy atom. The lowest BCUT2D eigenvalue weighted by Gasteiger charge is -2.12. The van der Waals surface area contributed by atoms with Crippen molar-refractivity contribution < 1.29 is 0 Å². The summed E-state index contributed by atoms with van der Waals surface area (Å²) < 4.78 is 0. The second-order valence-electron chi connectivity index (χ2n) is 3.87. The number of hydrogen-bond acceptors (Lipinski definition) is 3. The van der Waals surface area contributed by atoms with Crippen molar-refractivity contribution in [1.29, 1.82) is 5.26 Å². The third-order valence-electron chi connectivity index (χ3n) is 2.71. The van der Waals surface area contributed by atoms with E-state index in [4.69, 9.17) is 5.26 Å². The van der Waals surface area contributed by atoms with Gasteiger partial charge in [-0.05, 0) is 37.6 Å². The zero-order chi connectivity index (χ0) is 10.5. The molecule has 0 aliphatic carbocycles. The third-order valence-corrected chi connectivity index (χ3v) is 2.71. The van der Waals surface area contributed by atoms with Crippen molar-refractivity contribution in [2.75, 3.05) is 18.4 Å². The molecular weight excluding hydrogens is 186 g/mol. The number of anilines is 1. The summed E-state index contributed by atoms with van der Waals surface area (Å²) in [7, 11) is 0. The molecule has 0 spiro atoms. The average molecular weight is 201 g/mol. The highest BCUT2D eigenvalue weighted by atomic mass is 15.0. The van der Waals surface area contributed by atoms with Crippen LogP contribution in [-0.4, -0.2) is 19.1 Å². The summed E-state index contributed by atoms with van der Waals surface area (Å²) in [5.74, 6) is 0. The van der Waals surface area contributed by atoms with E-state index >= 15 is 0 Å². The number of benzene rings is 1. The van der Waals surface area contributed by atoms with Crippen molar-refractivity contribution in [3.8, 4) is 6.07 Å². The fourth-order valence-electron chi connectivity index (χ4n) is 1.87. The van der Waals surface area contributed by atoms with Crippen LogP contribution in [0, 0.1) is 11.3 Å². The van der Waals surface area contributed by atoms with E-state index in [0.717, 1.165) is 18.8 Å². The van der Waals surface area contributed by atoms with Crippen molar-refractivity contribution in [2.24, 2.45) is 0 Å². The third kappa shape index (κ3) is 2.71. The van der Waals surface area contributed by atoms with Gasteiger partial charge in [-0.3, -0.25) is 0 Å². The smallest absolute Gasteiger partial charge is 0.0992 e. The molecule has 0 bridgehead atoms. The lowest BCUT2D eigenvalue weighted by atomic mass is 10.2. The Morgan fingerprint density at radius 1 is 1.53 bits per heavy atom. The van der Waals surface area contributed by atoms with Gasteiger partial charge >= 0.3 is 0 Å². The molecule has 3 heteroatoms. The van der Waals surface area contributed by atoms with Gasteiger partial charge < -0.3 is 10.6 Å². The number of nitriles is 1. The summed E-state index contributed by atoms with van der Waals surface area (Å²) in [6.45, 7) is 2.07. The molecule has 78 valence electrons.